The molecule has 0 saturated heterocycles. The Kier molecular flexibility index (Phi) is 3.95. The van der Waals surface area contributed by atoms with Gasteiger partial charge < -0.3 is 9.47 Å². The summed E-state index contributed by atoms with van der Waals surface area (Å²) < 4.78 is 11.1. The van der Waals surface area contributed by atoms with Gasteiger partial charge in [0.2, 0.25) is 0 Å². The molecule has 3 aromatic rings. The van der Waals surface area contributed by atoms with Gasteiger partial charge in [0.05, 0.1) is 23.0 Å². The quantitative estimate of drug-likeness (QED) is 0.706. The van der Waals surface area contributed by atoms with Crippen LogP contribution in [0, 0.1) is 11.3 Å². The summed E-state index contributed by atoms with van der Waals surface area (Å²) in [6, 6.07) is 14.0. The van der Waals surface area contributed by atoms with Crippen LogP contribution in [-0.4, -0.2) is 23.4 Å². The first kappa shape index (κ1) is 15.7. The first-order valence-electron chi connectivity index (χ1n) is 7.87. The van der Waals surface area contributed by atoms with Gasteiger partial charge in [0, 0.05) is 5.56 Å². The SMILES string of the molecule is N#Cc1ccc(N=Nc2c(-c3ccc4c(c3)OCCO4)[nH][nH]c2=O)cc1. The third kappa shape index (κ3) is 2.93. The predicted octanol–water partition coefficient (Wildman–Crippen LogP) is 3.43. The molecule has 2 heterocycles. The minimum atomic E-state index is -0.382. The number of aromatic amines is 2. The Morgan fingerprint density at radius 1 is 0.962 bits per heavy atom. The van der Waals surface area contributed by atoms with E-state index in [1.807, 2.05) is 12.1 Å². The second-order valence-corrected chi connectivity index (χ2v) is 5.52. The molecule has 0 saturated carbocycles. The van der Waals surface area contributed by atoms with Crippen molar-refractivity contribution >= 4 is 11.4 Å². The summed E-state index contributed by atoms with van der Waals surface area (Å²) in [5.74, 6) is 1.28. The van der Waals surface area contributed by atoms with Gasteiger partial charge >= 0.3 is 0 Å². The molecule has 0 spiro atoms. The fourth-order valence-electron chi connectivity index (χ4n) is 2.56. The Balaban J connectivity index is 1.68. The Morgan fingerprint density at radius 3 is 2.50 bits per heavy atom. The molecule has 0 bridgehead atoms. The Morgan fingerprint density at radius 2 is 1.73 bits per heavy atom. The van der Waals surface area contributed by atoms with Gasteiger partial charge in [0.25, 0.3) is 5.56 Å². The standard InChI is InChI=1S/C18H13N5O3/c19-10-11-1-4-13(5-2-11)20-22-17-16(21-23-18(17)24)12-3-6-14-15(9-12)26-8-7-25-14/h1-6,9H,7-8H2,(H2,21,23,24). The minimum absolute atomic E-state index is 0.158. The summed E-state index contributed by atoms with van der Waals surface area (Å²) in [7, 11) is 0. The van der Waals surface area contributed by atoms with Crippen molar-refractivity contribution in [3.8, 4) is 28.8 Å². The predicted molar refractivity (Wildman–Crippen MR) is 93.2 cm³/mol. The number of nitrogens with one attached hydrogen (secondary N) is 2. The zero-order valence-corrected chi connectivity index (χ0v) is 13.5. The van der Waals surface area contributed by atoms with Gasteiger partial charge in [-0.15, -0.1) is 5.11 Å². The maximum atomic E-state index is 12.1. The number of ether oxygens (including phenoxy) is 2. The molecule has 0 fully saturated rings. The summed E-state index contributed by atoms with van der Waals surface area (Å²) in [6.07, 6.45) is 0. The molecule has 128 valence electrons. The molecule has 0 amide bonds. The maximum Gasteiger partial charge on any atom is 0.292 e. The second-order valence-electron chi connectivity index (χ2n) is 5.52. The summed E-state index contributed by atoms with van der Waals surface area (Å²) in [6.45, 7) is 0.989. The number of nitrogens with zero attached hydrogens (tertiary/aromatic N) is 3. The number of nitriles is 1. The molecule has 26 heavy (non-hydrogen) atoms. The largest absolute Gasteiger partial charge is 0.486 e. The van der Waals surface area contributed by atoms with Crippen LogP contribution >= 0.6 is 0 Å². The van der Waals surface area contributed by atoms with E-state index in [0.717, 1.165) is 5.56 Å². The zero-order chi connectivity index (χ0) is 17.9. The van der Waals surface area contributed by atoms with E-state index < -0.39 is 0 Å². The topological polar surface area (TPSA) is 116 Å². The van der Waals surface area contributed by atoms with Gasteiger partial charge in [-0.25, -0.2) is 0 Å². The normalized spacial score (nSPS) is 12.9. The lowest BCUT2D eigenvalue weighted by Crippen LogP contribution is -2.15. The van der Waals surface area contributed by atoms with Crippen molar-refractivity contribution in [2.75, 3.05) is 13.2 Å². The Bertz CT molecular complexity index is 1070. The molecule has 1 aromatic heterocycles. The highest BCUT2D eigenvalue weighted by Gasteiger charge is 2.16. The average molecular weight is 347 g/mol. The lowest BCUT2D eigenvalue weighted by Gasteiger charge is -2.18. The number of hydrogen-bond donors (Lipinski definition) is 2. The highest BCUT2D eigenvalue weighted by atomic mass is 16.6. The first-order chi connectivity index (χ1) is 12.7. The van der Waals surface area contributed by atoms with Crippen molar-refractivity contribution < 1.29 is 9.47 Å². The molecule has 2 N–H and O–H groups in total. The van der Waals surface area contributed by atoms with Gasteiger partial charge in [0.15, 0.2) is 17.2 Å². The number of rotatable bonds is 3. The van der Waals surface area contributed by atoms with E-state index in [-0.39, 0.29) is 11.2 Å². The molecule has 2 aromatic carbocycles. The summed E-state index contributed by atoms with van der Waals surface area (Å²) in [5, 5.41) is 22.3. The molecular formula is C18H13N5O3. The highest BCUT2D eigenvalue weighted by Crippen LogP contribution is 2.36. The fourth-order valence-corrected chi connectivity index (χ4v) is 2.56. The van der Waals surface area contributed by atoms with Crippen LogP contribution < -0.4 is 15.0 Å². The van der Waals surface area contributed by atoms with Gasteiger partial charge in [-0.05, 0) is 42.5 Å². The number of benzene rings is 2. The van der Waals surface area contributed by atoms with E-state index in [9.17, 15) is 4.79 Å². The van der Waals surface area contributed by atoms with Crippen molar-refractivity contribution in [2.45, 2.75) is 0 Å². The number of H-pyrrole nitrogens is 2. The Hall–Kier alpha value is -3.86. The monoisotopic (exact) mass is 347 g/mol. The van der Waals surface area contributed by atoms with E-state index in [0.29, 0.717) is 41.7 Å². The van der Waals surface area contributed by atoms with Crippen molar-refractivity contribution in [3.05, 3.63) is 58.4 Å². The molecule has 1 aliphatic heterocycles. The Labute approximate surface area is 147 Å². The van der Waals surface area contributed by atoms with Crippen molar-refractivity contribution in [2.24, 2.45) is 10.2 Å². The number of aromatic nitrogens is 2. The summed E-state index contributed by atoms with van der Waals surface area (Å²) >= 11 is 0. The van der Waals surface area contributed by atoms with Crippen LogP contribution in [0.5, 0.6) is 11.5 Å². The van der Waals surface area contributed by atoms with Crippen LogP contribution in [0.3, 0.4) is 0 Å². The molecule has 0 radical (unpaired) electrons. The molecule has 0 aliphatic carbocycles. The van der Waals surface area contributed by atoms with Crippen molar-refractivity contribution in [3.63, 3.8) is 0 Å². The van der Waals surface area contributed by atoms with Crippen LogP contribution in [0.2, 0.25) is 0 Å². The van der Waals surface area contributed by atoms with E-state index in [1.54, 1.807) is 36.4 Å². The lowest BCUT2D eigenvalue weighted by molar-refractivity contribution is 0.171. The van der Waals surface area contributed by atoms with Crippen LogP contribution in [-0.2, 0) is 0 Å². The van der Waals surface area contributed by atoms with E-state index in [1.165, 1.54) is 0 Å². The van der Waals surface area contributed by atoms with Crippen molar-refractivity contribution in [1.29, 1.82) is 5.26 Å². The van der Waals surface area contributed by atoms with E-state index in [2.05, 4.69) is 20.4 Å². The molecule has 4 rings (SSSR count). The molecule has 8 nitrogen and oxygen atoms in total. The lowest BCUT2D eigenvalue weighted by atomic mass is 10.1. The molecular weight excluding hydrogens is 334 g/mol. The smallest absolute Gasteiger partial charge is 0.292 e. The van der Waals surface area contributed by atoms with Gasteiger partial charge in [0.1, 0.15) is 13.2 Å². The average Bonchev–Trinajstić information content (AvgIpc) is 3.07. The van der Waals surface area contributed by atoms with Crippen LogP contribution in [0.4, 0.5) is 11.4 Å². The number of azo groups is 1. The fraction of sp³-hybridized carbons (Fsp3) is 0.111. The summed E-state index contributed by atoms with van der Waals surface area (Å²) in [4.78, 5) is 12.1. The molecule has 0 atom stereocenters. The van der Waals surface area contributed by atoms with Crippen LogP contribution in [0.25, 0.3) is 11.3 Å². The third-order valence-electron chi connectivity index (χ3n) is 3.85. The molecule has 8 heteroatoms. The second kappa shape index (κ2) is 6.57. The zero-order valence-electron chi connectivity index (χ0n) is 13.5. The first-order valence-corrected chi connectivity index (χ1v) is 7.87. The number of hydrogen-bond acceptors (Lipinski definition) is 6. The van der Waals surface area contributed by atoms with Gasteiger partial charge in [-0.3, -0.25) is 15.0 Å². The minimum Gasteiger partial charge on any atom is -0.486 e. The van der Waals surface area contributed by atoms with Crippen LogP contribution in [0.1, 0.15) is 5.56 Å². The van der Waals surface area contributed by atoms with Crippen LogP contribution in [0.15, 0.2) is 57.5 Å². The van der Waals surface area contributed by atoms with Crippen molar-refractivity contribution in [1.82, 2.24) is 10.2 Å². The van der Waals surface area contributed by atoms with Gasteiger partial charge in [-0.1, -0.05) is 0 Å². The van der Waals surface area contributed by atoms with E-state index >= 15 is 0 Å². The maximum absolute atomic E-state index is 12.1. The molecule has 1 aliphatic rings. The molecule has 0 unspecified atom stereocenters. The summed E-state index contributed by atoms with van der Waals surface area (Å²) in [5.41, 5.74) is 2.07. The van der Waals surface area contributed by atoms with E-state index in [4.69, 9.17) is 14.7 Å². The highest BCUT2D eigenvalue weighted by molar-refractivity contribution is 5.73. The van der Waals surface area contributed by atoms with Gasteiger partial charge in [-0.2, -0.15) is 10.4 Å². The number of fused-ring (bicyclic) bond motifs is 1. The third-order valence-corrected chi connectivity index (χ3v) is 3.85.